The van der Waals surface area contributed by atoms with Crippen molar-refractivity contribution in [2.45, 2.75) is 13.8 Å². The Kier molecular flexibility index (Phi) is 17.2. The van der Waals surface area contributed by atoms with E-state index in [1.165, 1.54) is 115 Å². The van der Waals surface area contributed by atoms with Crippen LogP contribution in [0.5, 0.6) is 0 Å². The van der Waals surface area contributed by atoms with Gasteiger partial charge in [-0.1, -0.05) is 328 Å². The third-order valence-corrected chi connectivity index (χ3v) is 25.3. The van der Waals surface area contributed by atoms with Gasteiger partial charge in [-0.25, -0.2) is 15.0 Å². The predicted molar refractivity (Wildman–Crippen MR) is 523 cm³/mol. The molecule has 584 valence electrons. The number of benzene rings is 20. The Hall–Kier alpha value is -16.6. The summed E-state index contributed by atoms with van der Waals surface area (Å²) in [7, 11) is 0. The molecule has 0 saturated carbocycles. The van der Waals surface area contributed by atoms with E-state index in [1.54, 1.807) is 0 Å². The second-order valence-corrected chi connectivity index (χ2v) is 32.4. The van der Waals surface area contributed by atoms with Crippen LogP contribution in [0, 0.1) is 13.8 Å². The van der Waals surface area contributed by atoms with E-state index >= 15 is 0 Å². The molecule has 0 spiro atoms. The molecule has 0 N–H and O–H groups in total. The van der Waals surface area contributed by atoms with E-state index in [9.17, 15) is 0 Å². The van der Waals surface area contributed by atoms with Gasteiger partial charge in [0, 0.05) is 98.3 Å². The van der Waals surface area contributed by atoms with Crippen LogP contribution in [0.25, 0.3) is 236 Å². The Morgan fingerprint density at radius 2 is 0.464 bits per heavy atom. The van der Waals surface area contributed by atoms with Crippen LogP contribution in [-0.4, -0.2) is 43.6 Å². The maximum absolute atomic E-state index is 5.33. The Morgan fingerprint density at radius 3 is 0.880 bits per heavy atom. The Morgan fingerprint density at radius 1 is 0.176 bits per heavy atom. The average molecular weight is 1590 g/mol. The number of para-hydroxylation sites is 7. The van der Waals surface area contributed by atoms with Gasteiger partial charge in [0.25, 0.3) is 0 Å². The second kappa shape index (κ2) is 29.7. The van der Waals surface area contributed by atoms with Crippen molar-refractivity contribution in [3.05, 3.63) is 430 Å². The van der Waals surface area contributed by atoms with Crippen molar-refractivity contribution in [2.75, 3.05) is 0 Å². The molecule has 6 aromatic heterocycles. The fraction of sp³-hybridized carbons (Fsp3) is 0.0172. The minimum atomic E-state index is 0.862. The zero-order valence-corrected chi connectivity index (χ0v) is 68.4. The summed E-state index contributed by atoms with van der Waals surface area (Å²) in [6.45, 7) is 4.37. The highest BCUT2D eigenvalue weighted by atomic mass is 15.0. The Balaban J connectivity index is 0.000000105. The number of aromatic nitrogens is 9. The van der Waals surface area contributed by atoms with Gasteiger partial charge >= 0.3 is 0 Å². The van der Waals surface area contributed by atoms with Gasteiger partial charge in [-0.3, -0.25) is 15.0 Å². The van der Waals surface area contributed by atoms with Crippen LogP contribution >= 0.6 is 0 Å². The predicted octanol–water partition coefficient (Wildman–Crippen LogP) is 30.1. The lowest BCUT2D eigenvalue weighted by Crippen LogP contribution is -2.00. The number of nitrogens with zero attached hydrogens (tertiary/aromatic N) is 9. The molecule has 20 aromatic carbocycles. The van der Waals surface area contributed by atoms with Gasteiger partial charge in [0.05, 0.1) is 108 Å². The number of fused-ring (bicyclic) bond motifs is 27. The quantitative estimate of drug-likeness (QED) is 0.141. The number of rotatable bonds is 8. The van der Waals surface area contributed by atoms with Crippen LogP contribution in [0.4, 0.5) is 0 Å². The highest BCUT2D eigenvalue weighted by molar-refractivity contribution is 6.26. The number of hydrogen-bond acceptors (Lipinski definition) is 6. The minimum absolute atomic E-state index is 0.862. The van der Waals surface area contributed by atoms with Crippen molar-refractivity contribution < 1.29 is 0 Å². The molecule has 0 unspecified atom stereocenters. The topological polar surface area (TPSA) is 92.1 Å². The maximum atomic E-state index is 5.33. The third-order valence-electron chi connectivity index (χ3n) is 25.3. The molecular weight excluding hydrogens is 1520 g/mol. The molecule has 26 rings (SSSR count). The third kappa shape index (κ3) is 11.9. The molecule has 0 saturated heterocycles. The molecule has 9 heteroatoms. The van der Waals surface area contributed by atoms with E-state index in [0.29, 0.717) is 0 Å². The lowest BCUT2D eigenvalue weighted by atomic mass is 9.95. The van der Waals surface area contributed by atoms with Gasteiger partial charge in [0.2, 0.25) is 0 Å². The first kappa shape index (κ1) is 72.4. The first-order valence-electron chi connectivity index (χ1n) is 42.5. The molecule has 125 heavy (non-hydrogen) atoms. The van der Waals surface area contributed by atoms with Gasteiger partial charge in [-0.2, -0.15) is 0 Å². The molecule has 0 atom stereocenters. The van der Waals surface area contributed by atoms with Crippen LogP contribution in [-0.2, 0) is 0 Å². The monoisotopic (exact) mass is 1590 g/mol. The van der Waals surface area contributed by atoms with Crippen LogP contribution in [0.3, 0.4) is 0 Å². The largest absolute Gasteiger partial charge is 0.309 e. The zero-order valence-electron chi connectivity index (χ0n) is 68.4. The van der Waals surface area contributed by atoms with Crippen molar-refractivity contribution in [1.82, 2.24) is 43.6 Å². The van der Waals surface area contributed by atoms with Crippen molar-refractivity contribution >= 4 is 163 Å². The maximum Gasteiger partial charge on any atom is 0.0979 e. The fourth-order valence-electron chi connectivity index (χ4n) is 19.7. The number of hydrogen-bond donors (Lipinski definition) is 0. The van der Waals surface area contributed by atoms with Crippen molar-refractivity contribution in [1.29, 1.82) is 0 Å². The van der Waals surface area contributed by atoms with E-state index in [1.807, 2.05) is 18.6 Å². The Labute approximate surface area is 719 Å². The van der Waals surface area contributed by atoms with Crippen LogP contribution in [0.2, 0.25) is 0 Å². The SMILES string of the molecule is Cc1cc(-n2c3ccccc3c3ccccc32)c(C)cc1-c1cnc2c3ccccc3c3ccccc3c2n1.c1cc(-c2cccc(-n3c4ccccc4c4ccccc43)c2)cc(-c2cnc3c4ccccc4c4ccccc4c3n2)c1.c1ccc(-c2ccccc2-n2c3ccccc3c3ccccc32)c(-c2cnc3c4ccccc4c4ccccc4c3n2)c1. The number of aryl methyl sites for hydroxylation is 2. The summed E-state index contributed by atoms with van der Waals surface area (Å²) in [5, 5.41) is 21.6. The molecule has 0 amide bonds. The summed E-state index contributed by atoms with van der Waals surface area (Å²) in [5.41, 5.74) is 29.2. The Bertz CT molecular complexity index is 8670. The van der Waals surface area contributed by atoms with E-state index in [-0.39, 0.29) is 0 Å². The van der Waals surface area contributed by atoms with Crippen LogP contribution in [0.15, 0.2) is 419 Å². The first-order valence-corrected chi connectivity index (χ1v) is 42.5. The normalized spacial score (nSPS) is 11.8. The molecule has 0 aliphatic carbocycles. The smallest absolute Gasteiger partial charge is 0.0979 e. The summed E-state index contributed by atoms with van der Waals surface area (Å²) in [5.74, 6) is 0. The zero-order chi connectivity index (χ0) is 82.7. The molecule has 0 fully saturated rings. The van der Waals surface area contributed by atoms with Crippen LogP contribution < -0.4 is 0 Å². The highest BCUT2D eigenvalue weighted by Crippen LogP contribution is 2.45. The molecule has 6 heterocycles. The summed E-state index contributed by atoms with van der Waals surface area (Å²) in [4.78, 5) is 30.8. The van der Waals surface area contributed by atoms with E-state index in [0.717, 1.165) is 133 Å². The lowest BCUT2D eigenvalue weighted by Gasteiger charge is -2.17. The summed E-state index contributed by atoms with van der Waals surface area (Å²) in [6, 6.07) is 142. The van der Waals surface area contributed by atoms with Gasteiger partial charge in [-0.05, 0) is 147 Å². The molecule has 26 aromatic rings. The van der Waals surface area contributed by atoms with Gasteiger partial charge in [0.15, 0.2) is 0 Å². The lowest BCUT2D eigenvalue weighted by molar-refractivity contribution is 1.14. The molecule has 9 nitrogen and oxygen atoms in total. The fourth-order valence-corrected chi connectivity index (χ4v) is 19.7. The van der Waals surface area contributed by atoms with E-state index in [2.05, 4.69) is 428 Å². The average Bonchev–Trinajstić information content (AvgIpc) is 1.74. The summed E-state index contributed by atoms with van der Waals surface area (Å²) >= 11 is 0. The van der Waals surface area contributed by atoms with Crippen molar-refractivity contribution in [3.63, 3.8) is 0 Å². The van der Waals surface area contributed by atoms with Gasteiger partial charge < -0.3 is 13.7 Å². The summed E-state index contributed by atoms with van der Waals surface area (Å²) < 4.78 is 7.15. The minimum Gasteiger partial charge on any atom is -0.309 e. The van der Waals surface area contributed by atoms with Crippen LogP contribution in [0.1, 0.15) is 11.1 Å². The molecular formula is C116H75N9. The first-order chi connectivity index (χ1) is 61.9. The molecule has 0 radical (unpaired) electrons. The van der Waals surface area contributed by atoms with Gasteiger partial charge in [0.1, 0.15) is 0 Å². The standard InChI is InChI=1S/2C40H25N3.C36H25N3/c1-4-16-29(35-25-41-39-33-20-5-2-13-26(33)27-14-3-6-21-34(27)40(39)42-35)28(15-1)30-17-7-10-22-36(30)43-37-23-11-8-18-31(37)32-19-9-12-24-38(32)43;1-3-19-34-30(15-1)31-16-2-4-20-35(31)40-39(34)41-25-36(42-40)28-13-9-11-26(23-28)27-12-10-14-29(24-27)43-37-21-7-5-17-32(37)33-18-6-8-22-38(33)43;1-22-20-34(39-32-17-9-7-13-26(32)27-14-8-10-18-33(27)39)23(2)19-30(22)31-21-37-35-28-15-5-3-11-24(28)25-12-4-6-16-29(25)36(35)38-31/h2*1-25H;3-21H,1-2H3. The van der Waals surface area contributed by atoms with Crippen molar-refractivity contribution in [3.8, 4) is 73.1 Å². The molecule has 0 bridgehead atoms. The second-order valence-electron chi connectivity index (χ2n) is 32.4. The van der Waals surface area contributed by atoms with Crippen molar-refractivity contribution in [2.24, 2.45) is 0 Å². The highest BCUT2D eigenvalue weighted by Gasteiger charge is 2.23. The molecule has 0 aliphatic rings. The van der Waals surface area contributed by atoms with E-state index in [4.69, 9.17) is 29.9 Å². The van der Waals surface area contributed by atoms with E-state index < -0.39 is 0 Å². The van der Waals surface area contributed by atoms with Gasteiger partial charge in [-0.15, -0.1) is 0 Å². The summed E-state index contributed by atoms with van der Waals surface area (Å²) in [6.07, 6.45) is 5.79. The molecule has 0 aliphatic heterocycles.